The molecule has 0 aliphatic carbocycles. The topological polar surface area (TPSA) is 32.6 Å². The number of aromatic nitrogens is 2. The molecule has 1 aliphatic heterocycles. The van der Waals surface area contributed by atoms with Crippen molar-refractivity contribution >= 4 is 5.65 Å². The van der Waals surface area contributed by atoms with Gasteiger partial charge in [0.2, 0.25) is 0 Å². The first-order valence-corrected chi connectivity index (χ1v) is 6.65. The fourth-order valence-electron chi connectivity index (χ4n) is 2.47. The maximum Gasteiger partial charge on any atom is 0.137 e. The molecule has 0 atom stereocenters. The molecule has 0 spiro atoms. The van der Waals surface area contributed by atoms with Gasteiger partial charge in [-0.2, -0.15) is 0 Å². The normalized spacial score (nSPS) is 16.4. The summed E-state index contributed by atoms with van der Waals surface area (Å²) in [5, 5.41) is 3.33. The van der Waals surface area contributed by atoms with E-state index in [0.717, 1.165) is 37.5 Å². The minimum Gasteiger partial charge on any atom is -0.314 e. The van der Waals surface area contributed by atoms with E-state index < -0.39 is 0 Å². The number of hydrogen-bond donors (Lipinski definition) is 1. The zero-order chi connectivity index (χ0) is 12.5. The average Bonchev–Trinajstić information content (AvgIpc) is 2.67. The average molecular weight is 244 g/mol. The Labute approximate surface area is 108 Å². The SMILES string of the molecule is CCN(Cc1cn2cc(C)ccc2n1)C1CNC1. The van der Waals surface area contributed by atoms with Gasteiger partial charge in [-0.1, -0.05) is 13.0 Å². The summed E-state index contributed by atoms with van der Waals surface area (Å²) < 4.78 is 2.12. The molecule has 0 radical (unpaired) electrons. The number of aryl methyl sites for hydroxylation is 1. The van der Waals surface area contributed by atoms with Gasteiger partial charge in [-0.15, -0.1) is 0 Å². The number of rotatable bonds is 4. The monoisotopic (exact) mass is 244 g/mol. The quantitative estimate of drug-likeness (QED) is 0.883. The Morgan fingerprint density at radius 2 is 2.22 bits per heavy atom. The van der Waals surface area contributed by atoms with Gasteiger partial charge in [-0.25, -0.2) is 4.98 Å². The third-order valence-corrected chi connectivity index (χ3v) is 3.70. The molecule has 0 amide bonds. The number of likely N-dealkylation sites (N-methyl/N-ethyl adjacent to an activating group) is 1. The molecule has 1 N–H and O–H groups in total. The maximum atomic E-state index is 4.68. The Morgan fingerprint density at radius 3 is 2.89 bits per heavy atom. The predicted molar refractivity (Wildman–Crippen MR) is 72.7 cm³/mol. The van der Waals surface area contributed by atoms with Crippen molar-refractivity contribution in [1.82, 2.24) is 19.6 Å². The van der Waals surface area contributed by atoms with E-state index in [4.69, 9.17) is 0 Å². The van der Waals surface area contributed by atoms with Crippen LogP contribution in [0.25, 0.3) is 5.65 Å². The molecule has 0 aromatic carbocycles. The second kappa shape index (κ2) is 4.71. The third-order valence-electron chi connectivity index (χ3n) is 3.70. The second-order valence-electron chi connectivity index (χ2n) is 5.08. The molecule has 4 heteroatoms. The van der Waals surface area contributed by atoms with Gasteiger partial charge < -0.3 is 9.72 Å². The van der Waals surface area contributed by atoms with Crippen LogP contribution in [0.3, 0.4) is 0 Å². The Morgan fingerprint density at radius 1 is 1.39 bits per heavy atom. The van der Waals surface area contributed by atoms with E-state index in [0.29, 0.717) is 6.04 Å². The lowest BCUT2D eigenvalue weighted by atomic mass is 10.1. The van der Waals surface area contributed by atoms with E-state index in [1.807, 2.05) is 0 Å². The summed E-state index contributed by atoms with van der Waals surface area (Å²) in [6.07, 6.45) is 4.28. The highest BCUT2D eigenvalue weighted by atomic mass is 15.2. The van der Waals surface area contributed by atoms with Crippen LogP contribution in [0.1, 0.15) is 18.2 Å². The van der Waals surface area contributed by atoms with E-state index in [1.54, 1.807) is 0 Å². The summed E-state index contributed by atoms with van der Waals surface area (Å²) in [7, 11) is 0. The summed E-state index contributed by atoms with van der Waals surface area (Å²) in [5.41, 5.74) is 3.47. The van der Waals surface area contributed by atoms with E-state index in [-0.39, 0.29) is 0 Å². The van der Waals surface area contributed by atoms with Crippen LogP contribution in [-0.4, -0.2) is 40.0 Å². The van der Waals surface area contributed by atoms with Crippen LogP contribution >= 0.6 is 0 Å². The van der Waals surface area contributed by atoms with Gasteiger partial charge in [0.15, 0.2) is 0 Å². The molecular formula is C14H20N4. The van der Waals surface area contributed by atoms with Crippen LogP contribution in [-0.2, 0) is 6.54 Å². The van der Waals surface area contributed by atoms with Crippen molar-refractivity contribution < 1.29 is 0 Å². The summed E-state index contributed by atoms with van der Waals surface area (Å²) in [5.74, 6) is 0. The van der Waals surface area contributed by atoms with E-state index >= 15 is 0 Å². The molecular weight excluding hydrogens is 224 g/mol. The lowest BCUT2D eigenvalue weighted by molar-refractivity contribution is 0.144. The summed E-state index contributed by atoms with van der Waals surface area (Å²) in [4.78, 5) is 7.17. The summed E-state index contributed by atoms with van der Waals surface area (Å²) >= 11 is 0. The Bertz CT molecular complexity index is 542. The maximum absolute atomic E-state index is 4.68. The van der Waals surface area contributed by atoms with Gasteiger partial charge in [0.25, 0.3) is 0 Å². The first-order valence-electron chi connectivity index (χ1n) is 6.65. The minimum atomic E-state index is 0.682. The molecule has 3 heterocycles. The van der Waals surface area contributed by atoms with Gasteiger partial charge in [0.1, 0.15) is 5.65 Å². The lowest BCUT2D eigenvalue weighted by Gasteiger charge is -2.37. The molecule has 0 unspecified atom stereocenters. The molecule has 2 aromatic heterocycles. The zero-order valence-electron chi connectivity index (χ0n) is 11.1. The number of pyridine rings is 1. The van der Waals surface area contributed by atoms with Crippen molar-refractivity contribution in [2.75, 3.05) is 19.6 Å². The summed E-state index contributed by atoms with van der Waals surface area (Å²) in [6, 6.07) is 4.88. The van der Waals surface area contributed by atoms with Crippen molar-refractivity contribution in [2.24, 2.45) is 0 Å². The van der Waals surface area contributed by atoms with Crippen molar-refractivity contribution in [3.63, 3.8) is 0 Å². The number of nitrogens with one attached hydrogen (secondary N) is 1. The fraction of sp³-hybridized carbons (Fsp3) is 0.500. The highest BCUT2D eigenvalue weighted by molar-refractivity contribution is 5.41. The molecule has 2 aromatic rings. The molecule has 1 aliphatic rings. The summed E-state index contributed by atoms with van der Waals surface area (Å²) in [6.45, 7) is 8.58. The molecule has 0 saturated carbocycles. The van der Waals surface area contributed by atoms with Crippen LogP contribution in [0.15, 0.2) is 24.5 Å². The van der Waals surface area contributed by atoms with E-state index in [9.17, 15) is 0 Å². The van der Waals surface area contributed by atoms with Crippen LogP contribution in [0.2, 0.25) is 0 Å². The zero-order valence-corrected chi connectivity index (χ0v) is 11.1. The Kier molecular flexibility index (Phi) is 3.06. The van der Waals surface area contributed by atoms with Gasteiger partial charge in [0, 0.05) is 38.1 Å². The van der Waals surface area contributed by atoms with Gasteiger partial charge in [-0.05, 0) is 25.1 Å². The van der Waals surface area contributed by atoms with E-state index in [2.05, 4.69) is 58.0 Å². The third kappa shape index (κ3) is 2.13. The Hall–Kier alpha value is -1.39. The van der Waals surface area contributed by atoms with E-state index in [1.165, 1.54) is 5.56 Å². The molecule has 4 nitrogen and oxygen atoms in total. The van der Waals surface area contributed by atoms with Crippen molar-refractivity contribution in [3.05, 3.63) is 35.8 Å². The molecule has 1 fully saturated rings. The van der Waals surface area contributed by atoms with Crippen LogP contribution in [0.5, 0.6) is 0 Å². The first kappa shape index (κ1) is 11.7. The molecule has 3 rings (SSSR count). The second-order valence-corrected chi connectivity index (χ2v) is 5.08. The fourth-order valence-corrected chi connectivity index (χ4v) is 2.47. The number of nitrogens with zero attached hydrogens (tertiary/aromatic N) is 3. The van der Waals surface area contributed by atoms with Gasteiger partial charge in [-0.3, -0.25) is 4.90 Å². The predicted octanol–water partition coefficient (Wildman–Crippen LogP) is 1.44. The molecule has 0 bridgehead atoms. The smallest absolute Gasteiger partial charge is 0.137 e. The largest absolute Gasteiger partial charge is 0.314 e. The van der Waals surface area contributed by atoms with Crippen molar-refractivity contribution in [2.45, 2.75) is 26.4 Å². The van der Waals surface area contributed by atoms with Gasteiger partial charge >= 0.3 is 0 Å². The van der Waals surface area contributed by atoms with Crippen LogP contribution in [0.4, 0.5) is 0 Å². The number of imidazole rings is 1. The Balaban J connectivity index is 1.80. The minimum absolute atomic E-state index is 0.682. The molecule has 18 heavy (non-hydrogen) atoms. The highest BCUT2D eigenvalue weighted by Crippen LogP contribution is 2.12. The van der Waals surface area contributed by atoms with Crippen molar-refractivity contribution in [3.8, 4) is 0 Å². The lowest BCUT2D eigenvalue weighted by Crippen LogP contribution is -2.56. The van der Waals surface area contributed by atoms with Crippen LogP contribution < -0.4 is 5.32 Å². The standard InChI is InChI=1S/C14H20N4/c1-3-17(13-6-15-7-13)9-12-10-18-8-11(2)4-5-14(18)16-12/h4-5,8,10,13,15H,3,6-7,9H2,1-2H3. The van der Waals surface area contributed by atoms with Gasteiger partial charge in [0.05, 0.1) is 5.69 Å². The molecule has 96 valence electrons. The molecule has 1 saturated heterocycles. The highest BCUT2D eigenvalue weighted by Gasteiger charge is 2.23. The number of hydrogen-bond acceptors (Lipinski definition) is 3. The number of fused-ring (bicyclic) bond motifs is 1. The van der Waals surface area contributed by atoms with Crippen molar-refractivity contribution in [1.29, 1.82) is 0 Å². The van der Waals surface area contributed by atoms with Crippen LogP contribution in [0, 0.1) is 6.92 Å². The first-order chi connectivity index (χ1) is 8.76.